The van der Waals surface area contributed by atoms with E-state index < -0.39 is 35.5 Å². The van der Waals surface area contributed by atoms with Crippen LogP contribution in [0.15, 0.2) is 126 Å². The molecule has 6 aliphatic rings. The molecule has 0 spiro atoms. The fourth-order valence-corrected chi connectivity index (χ4v) is 24.3. The van der Waals surface area contributed by atoms with Crippen LogP contribution in [-0.2, 0) is 89.5 Å². The number of aliphatic hydroxyl groups is 1. The van der Waals surface area contributed by atoms with Crippen LogP contribution in [0.4, 0.5) is 30.0 Å². The minimum absolute atomic E-state index is 0.0132. The van der Waals surface area contributed by atoms with E-state index in [4.69, 9.17) is 48.0 Å². The highest BCUT2D eigenvalue weighted by Crippen LogP contribution is 2.44. The van der Waals surface area contributed by atoms with E-state index in [0.29, 0.717) is 112 Å². The van der Waals surface area contributed by atoms with E-state index in [1.165, 1.54) is 96.6 Å². The fraction of sp³-hybridized carbons (Fsp3) is 0.354. The largest absolute Gasteiger partial charge is 0.497 e. The average Bonchev–Trinajstić information content (AvgIpc) is 1.64. The second-order valence-electron chi connectivity index (χ2n) is 32.7. The number of primary amides is 5. The highest BCUT2D eigenvalue weighted by molar-refractivity contribution is 7.99. The number of thiophene rings is 6. The number of carbonyl (C=O) groups excluding carboxylic acids is 13. The maximum Gasteiger partial charge on any atom is 0.306 e. The molecule has 43 heteroatoms. The van der Waals surface area contributed by atoms with Crippen LogP contribution in [0.3, 0.4) is 0 Å². The third-order valence-electron chi connectivity index (χ3n) is 22.8. The predicted octanol–water partition coefficient (Wildman–Crippen LogP) is 11.8. The number of fused-ring (bicyclic) bond motifs is 4. The number of nitrogens with one attached hydrogen (secondary N) is 7. The first kappa shape index (κ1) is 105. The number of nitrogens with zero attached hydrogens (tertiary/aromatic N) is 6. The summed E-state index contributed by atoms with van der Waals surface area (Å²) in [7, 11) is 2.84. The van der Waals surface area contributed by atoms with Gasteiger partial charge < -0.3 is 89.9 Å². The molecule has 2 aliphatic heterocycles. The number of tetrazole rings is 1. The van der Waals surface area contributed by atoms with Crippen LogP contribution in [-0.4, -0.2) is 210 Å². The number of rotatable bonds is 29. The van der Waals surface area contributed by atoms with Gasteiger partial charge in [0.2, 0.25) is 28.8 Å². The van der Waals surface area contributed by atoms with Gasteiger partial charge in [0.15, 0.2) is 0 Å². The zero-order valence-corrected chi connectivity index (χ0v) is 83.1. The summed E-state index contributed by atoms with van der Waals surface area (Å²) in [6.07, 6.45) is 12.7. The van der Waals surface area contributed by atoms with Crippen molar-refractivity contribution >= 4 is 187 Å². The number of aromatic nitrogens is 4. The van der Waals surface area contributed by atoms with Gasteiger partial charge in [-0.15, -0.1) is 73.1 Å². The van der Waals surface area contributed by atoms with Gasteiger partial charge in [-0.05, 0) is 204 Å². The lowest BCUT2D eigenvalue weighted by molar-refractivity contribution is -0.141. The van der Waals surface area contributed by atoms with E-state index in [1.54, 1.807) is 60.3 Å². The number of para-hydroxylation sites is 1. The van der Waals surface area contributed by atoms with Crippen molar-refractivity contribution in [1.82, 2.24) is 35.3 Å². The van der Waals surface area contributed by atoms with E-state index in [0.717, 1.165) is 169 Å². The molecule has 12 amide bonds. The predicted molar refractivity (Wildman–Crippen MR) is 540 cm³/mol. The third kappa shape index (κ3) is 28.3. The molecule has 139 heavy (non-hydrogen) atoms. The van der Waals surface area contributed by atoms with E-state index in [2.05, 4.69) is 62.4 Å². The lowest BCUT2D eigenvalue weighted by Crippen LogP contribution is -2.48. The second-order valence-corrected chi connectivity index (χ2v) is 40.2. The summed E-state index contributed by atoms with van der Waals surface area (Å²) in [5.74, 6) is -3.74. The van der Waals surface area contributed by atoms with Gasteiger partial charge in [0.05, 0.1) is 111 Å². The van der Waals surface area contributed by atoms with Gasteiger partial charge in [-0.25, -0.2) is 0 Å². The number of morpholine rings is 2. The molecule has 18 N–H and O–H groups in total. The van der Waals surface area contributed by atoms with Gasteiger partial charge in [0, 0.05) is 85.6 Å². The maximum atomic E-state index is 12.6. The molecule has 0 radical (unpaired) electrons. The molecule has 2 unspecified atom stereocenters. The number of carbonyl (C=O) groups is 13. The Bertz CT molecular complexity index is 6250. The summed E-state index contributed by atoms with van der Waals surface area (Å²) in [6, 6.07) is 34.5. The molecule has 4 aromatic carbocycles. The average molecular weight is 2030 g/mol. The third-order valence-corrected chi connectivity index (χ3v) is 30.6. The zero-order chi connectivity index (χ0) is 99.5. The first-order valence-electron chi connectivity index (χ1n) is 44.8. The zero-order valence-electron chi connectivity index (χ0n) is 77.4. The number of thioether (sulfide) groups is 1. The number of benzene rings is 4. The van der Waals surface area contributed by atoms with Gasteiger partial charge in [0.25, 0.3) is 47.3 Å². The number of esters is 1. The topological polar surface area (TPSA) is 543 Å². The van der Waals surface area contributed by atoms with Crippen LogP contribution in [0.25, 0.3) is 16.8 Å². The molecule has 0 saturated carbocycles. The number of hydrogen-bond donors (Lipinski definition) is 13. The summed E-state index contributed by atoms with van der Waals surface area (Å²) in [4.78, 5) is 165. The summed E-state index contributed by atoms with van der Waals surface area (Å²) in [6.45, 7) is 12.7. The Labute approximate surface area is 830 Å². The summed E-state index contributed by atoms with van der Waals surface area (Å²) in [5, 5.41) is 45.7. The SMILES string of the molecule is CC1CN(CC(=O)Nc2sc3c(c2C(N)=O)CCC3)CC(C)O1.COC(=O)CCC(=O)Nc1sc2c(c1C(N)=O)CCCC2.COc1ccc(C(=O)Nc2sc(C)c(C)c2C(N)=O)cc1.NC(=O)c1c(NC(=O)CN2CCOCC2)sc2c1CCC2.NC(=O)c1c(NC(=O)CSc2nnnn2-c2ccccc2)sc2c1CCC2.O=C(Nc1scc(-c2ccccc2)c1C(=O)NCCO)c1ccccc1. The van der Waals surface area contributed by atoms with Gasteiger partial charge in [-0.3, -0.25) is 72.1 Å². The molecule has 2 saturated heterocycles. The minimum Gasteiger partial charge on any atom is -0.497 e. The fourth-order valence-electron chi connectivity index (χ4n) is 16.3. The van der Waals surface area contributed by atoms with E-state index >= 15 is 0 Å². The number of methoxy groups -OCH3 is 2. The van der Waals surface area contributed by atoms with Gasteiger partial charge in [-0.1, -0.05) is 78.5 Å². The molecule has 0 bridgehead atoms. The highest BCUT2D eigenvalue weighted by Gasteiger charge is 2.34. The molecular formula is C96H110N18O18S7. The van der Waals surface area contributed by atoms with Crippen LogP contribution >= 0.6 is 79.8 Å². The Morgan fingerprint density at radius 3 is 1.41 bits per heavy atom. The number of hydrogen-bond acceptors (Lipinski definition) is 30. The molecule has 11 aromatic rings. The molecule has 734 valence electrons. The Kier molecular flexibility index (Phi) is 38.3. The molecule has 7 aromatic heterocycles. The second kappa shape index (κ2) is 50.7. The molecule has 9 heterocycles. The number of aryl methyl sites for hydroxylation is 5. The summed E-state index contributed by atoms with van der Waals surface area (Å²) < 4.78 is 22.0. The van der Waals surface area contributed by atoms with Gasteiger partial charge >= 0.3 is 5.97 Å². The lowest BCUT2D eigenvalue weighted by atomic mass is 9.95. The number of amides is 12. The maximum absolute atomic E-state index is 12.6. The first-order valence-corrected chi connectivity index (χ1v) is 50.8. The Balaban J connectivity index is 0.000000150. The Morgan fingerprint density at radius 1 is 0.482 bits per heavy atom. The molecule has 2 fully saturated rings. The monoisotopic (exact) mass is 2030 g/mol. The van der Waals surface area contributed by atoms with Crippen molar-refractivity contribution < 1.29 is 86.4 Å². The number of aliphatic hydroxyl groups excluding tert-OH is 1. The molecule has 4 aliphatic carbocycles. The summed E-state index contributed by atoms with van der Waals surface area (Å²) >= 11 is 9.70. The normalized spacial score (nSPS) is 14.8. The van der Waals surface area contributed by atoms with Gasteiger partial charge in [0.1, 0.15) is 35.8 Å². The molecule has 17 rings (SSSR count). The van der Waals surface area contributed by atoms with Crippen molar-refractivity contribution in [1.29, 1.82) is 0 Å². The van der Waals surface area contributed by atoms with E-state index in [1.807, 2.05) is 105 Å². The molecule has 2 atom stereocenters. The van der Waals surface area contributed by atoms with Crippen molar-refractivity contribution in [3.8, 4) is 22.6 Å². The first-order chi connectivity index (χ1) is 66.9. The smallest absolute Gasteiger partial charge is 0.306 e. The Morgan fingerprint density at radius 2 is 0.921 bits per heavy atom. The van der Waals surface area contributed by atoms with Crippen LogP contribution in [0.1, 0.15) is 194 Å². The van der Waals surface area contributed by atoms with Crippen LogP contribution in [0, 0.1) is 13.8 Å². The van der Waals surface area contributed by atoms with Gasteiger partial charge in [-0.2, -0.15) is 4.68 Å². The molecule has 36 nitrogen and oxygen atoms in total. The lowest BCUT2D eigenvalue weighted by Gasteiger charge is -2.34. The van der Waals surface area contributed by atoms with Crippen molar-refractivity contribution in [2.45, 2.75) is 141 Å². The number of nitrogens with two attached hydrogens (primary N) is 5. The number of anilines is 6. The van der Waals surface area contributed by atoms with E-state index in [-0.39, 0.29) is 85.3 Å². The van der Waals surface area contributed by atoms with Crippen LogP contribution in [0.5, 0.6) is 5.75 Å². The van der Waals surface area contributed by atoms with Crippen molar-refractivity contribution in [2.75, 3.05) is 118 Å². The quantitative estimate of drug-likeness (QED) is 0.0153. The van der Waals surface area contributed by atoms with Crippen molar-refractivity contribution in [3.05, 3.63) is 217 Å². The van der Waals surface area contributed by atoms with Crippen LogP contribution in [0.2, 0.25) is 0 Å². The standard InChI is InChI=1S/C20H18N2O3S.C17H16N6O2S2.C16H23N3O3S.C15H16N2O3S.C14H19N3O3S.C14H18N2O4S/c23-12-11-21-19(25)17-16(14-7-3-1-4-8-14)13-26-20(17)22-18(24)15-9-5-2-6-10-15;18-15(25)14-11-7-4-8-12(11)27-16(14)19-13(24)9-26-17-20-21-22-23(17)10-5-2-1-3-6-10;1-9-6-19(7-10(2)22-9)8-13(20)18-16-14(15(17)21)11-4-3-5-12(11)23-16;1-8-9(2)21-15(12(8)13(16)18)17-14(19)10-4-6-11(20-3)7-5-10;15-13(19)12-9-2-1-3-10(9)21-14(12)16-11(18)8-17-4-6-20-7-5-17;1-20-11(18)7-6-10(17)16-14-12(13(15)19)8-4-2-3-5-9(8)21-14/h1-10,13,23H,11-12H2,(H,21,25)(H,22,24);1-3,5-6H,4,7-9H2,(H2,18,25)(H,19,24);9-10H,3-8H2,1-2H3,(H2,17,21)(H,18,20);4-7H,1-3H3,(H2,16,18)(H,17,19);1-8H2,(H2,15,19)(H,16,18);2-7H2,1H3,(H2,15,19)(H,16,17). The summed E-state index contributed by atoms with van der Waals surface area (Å²) in [5.41, 5.74) is 38.3. The highest BCUT2D eigenvalue weighted by atomic mass is 32.2. The van der Waals surface area contributed by atoms with E-state index in [9.17, 15) is 62.3 Å². The van der Waals surface area contributed by atoms with Crippen LogP contribution < -0.4 is 70.6 Å². The minimum atomic E-state index is -0.540. The number of ether oxygens (including phenoxy) is 4. The molecular weight excluding hydrogens is 1920 g/mol. The van der Waals surface area contributed by atoms with Crippen molar-refractivity contribution in [2.24, 2.45) is 28.7 Å². The van der Waals surface area contributed by atoms with Crippen molar-refractivity contribution in [3.63, 3.8) is 0 Å². The Hall–Kier alpha value is -12.8.